The molecular weight excluding hydrogens is 737 g/mol. The zero-order valence-corrected chi connectivity index (χ0v) is 20.3. The molecule has 0 heterocycles. The molecule has 0 aromatic carbocycles. The molecule has 0 aliphatic carbocycles. The van der Waals surface area contributed by atoms with Crippen LogP contribution in [0.1, 0.15) is 0 Å². The summed E-state index contributed by atoms with van der Waals surface area (Å²) in [5, 5.41) is 0. The molecule has 0 atom stereocenters. The van der Waals surface area contributed by atoms with Gasteiger partial charge >= 0.3 is 41.7 Å². The van der Waals surface area contributed by atoms with Crippen molar-refractivity contribution in [3.63, 3.8) is 0 Å². The normalized spacial score (nSPS) is 11.6. The third-order valence-corrected chi connectivity index (χ3v) is 0. The first-order valence-corrected chi connectivity index (χ1v) is 11.2. The second kappa shape index (κ2) is 21.4. The van der Waals surface area contributed by atoms with Crippen molar-refractivity contribution in [2.75, 3.05) is 0 Å². The molecule has 0 bridgehead atoms. The molecule has 0 spiro atoms. The molecule has 0 saturated heterocycles. The summed E-state index contributed by atoms with van der Waals surface area (Å²) in [6.45, 7) is 0. The molecule has 0 aromatic heterocycles. The van der Waals surface area contributed by atoms with Crippen LogP contribution in [-0.4, -0.2) is 9.32 Å². The topological polar surface area (TPSA) is 548 Å². The van der Waals surface area contributed by atoms with Crippen LogP contribution in [0, 0.1) is 103 Å². The van der Waals surface area contributed by atoms with Crippen LogP contribution in [0.2, 0.25) is 0 Å². The molecule has 24 nitrogen and oxygen atoms in total. The van der Waals surface area contributed by atoms with E-state index in [1.165, 1.54) is 0 Å². The van der Waals surface area contributed by atoms with Gasteiger partial charge in [-0.05, 0) is 0 Å². The monoisotopic (exact) mass is 736 g/mol. The second-order valence-corrected chi connectivity index (χ2v) is 6.91. The summed E-state index contributed by atoms with van der Waals surface area (Å²) in [5.41, 5.74) is 0. The van der Waals surface area contributed by atoms with Crippen LogP contribution in [0.3, 0.4) is 0 Å². The van der Waals surface area contributed by atoms with Gasteiger partial charge in [-0.2, -0.15) is 28.0 Å². The van der Waals surface area contributed by atoms with E-state index >= 15 is 0 Å². The van der Waals surface area contributed by atoms with E-state index in [1.807, 2.05) is 0 Å². The van der Waals surface area contributed by atoms with E-state index in [1.54, 1.807) is 0 Å². The molecule has 0 amide bonds. The van der Waals surface area contributed by atoms with Crippen molar-refractivity contribution in [3.05, 3.63) is 0 Å². The first kappa shape index (κ1) is 50.1. The van der Waals surface area contributed by atoms with E-state index in [0.29, 0.717) is 0 Å². The van der Waals surface area contributed by atoms with Crippen LogP contribution in [0.15, 0.2) is 0 Å². The van der Waals surface area contributed by atoms with Gasteiger partial charge < -0.3 is 0 Å². The zero-order valence-electron chi connectivity index (χ0n) is 12.6. The fourth-order valence-electron chi connectivity index (χ4n) is 0. The number of rotatable bonds is 0. The maximum Gasteiger partial charge on any atom is 4.00 e. The van der Waals surface area contributed by atoms with Crippen LogP contribution in [0.5, 0.6) is 0 Å². The van der Waals surface area contributed by atoms with Gasteiger partial charge in [0.1, 0.15) is 0 Å². The largest absolute Gasteiger partial charge is 4.00 e. The Hall–Kier alpha value is 2.16. The van der Waals surface area contributed by atoms with Gasteiger partial charge in [0, 0.05) is 0 Å². The summed E-state index contributed by atoms with van der Waals surface area (Å²) in [5.74, 6) is 0. The predicted molar refractivity (Wildman–Crippen MR) is 4.44 cm³/mol. The van der Waals surface area contributed by atoms with Crippen LogP contribution in [0.25, 0.3) is 0 Å². The van der Waals surface area contributed by atoms with E-state index in [0.717, 1.165) is 0 Å². The Morgan fingerprint density at radius 1 is 0.258 bits per heavy atom. The van der Waals surface area contributed by atoms with Gasteiger partial charge in [-0.1, -0.05) is 0 Å². The molecule has 0 aliphatic rings. The Bertz CT molecular complexity index is 214. The van der Waals surface area contributed by atoms with Gasteiger partial charge in [0.2, 0.25) is 0 Å². The quantitative estimate of drug-likeness (QED) is 0.233. The SMILES string of the molecule is [Ce+4].[O-][Cl+3]([O-])([O-])O.[O-][Cl+3]([O-])([O-])O.[O-][Cl+3]([O-])([O-])[O-].[O-][Cl+3]([O-])([O-])[O-].[O-][Cl+3]([O-])([O-])[O-].[O-][Cl+3]([O-])([O-])[O-]. The molecule has 0 unspecified atom stereocenters. The summed E-state index contributed by atoms with van der Waals surface area (Å²) in [7, 11) is -29.2. The van der Waals surface area contributed by atoms with Crippen LogP contribution in [0.4, 0.5) is 0 Å². The van der Waals surface area contributed by atoms with Gasteiger partial charge in [0.05, 0.1) is 29.8 Å². The Morgan fingerprint density at radius 3 is 0.258 bits per heavy atom. The molecule has 0 aromatic rings. The fourth-order valence-corrected chi connectivity index (χ4v) is 0. The summed E-state index contributed by atoms with van der Waals surface area (Å²) >= 11 is 0. The van der Waals surface area contributed by atoms with Crippen molar-refractivity contribution in [2.45, 2.75) is 0 Å². The number of hydrogen-bond acceptors (Lipinski definition) is 24. The minimum absolute atomic E-state index is 0. The Balaban J connectivity index is -0.0000000443. The number of hydrogen-bond donors (Lipinski definition) is 2. The van der Waals surface area contributed by atoms with Crippen molar-refractivity contribution in [3.8, 4) is 0 Å². The van der Waals surface area contributed by atoms with E-state index in [4.69, 9.17) is 112 Å². The molecule has 0 fully saturated rings. The standard InChI is InChI=1S/Ce.6ClHO4/c;6*2-1(3,4)5/h;6*(H,2,3,4,5)/q+4;;;;;;/p-4. The van der Waals surface area contributed by atoms with Crippen molar-refractivity contribution < 1.29 is 215 Å². The molecule has 0 saturated carbocycles. The first-order chi connectivity index (χ1) is 12.0. The molecule has 31 heavy (non-hydrogen) atoms. The van der Waals surface area contributed by atoms with Crippen LogP contribution >= 0.6 is 0 Å². The summed E-state index contributed by atoms with van der Waals surface area (Å²) in [6, 6.07) is 0. The van der Waals surface area contributed by atoms with E-state index in [9.17, 15) is 0 Å². The smallest absolute Gasteiger partial charge is 0.222 e. The Labute approximate surface area is 213 Å². The third-order valence-electron chi connectivity index (χ3n) is 0. The van der Waals surface area contributed by atoms with Gasteiger partial charge in [-0.15, -0.1) is 41.0 Å². The molecule has 192 valence electrons. The molecular formula is H2CeCl6O24. The van der Waals surface area contributed by atoms with E-state index in [2.05, 4.69) is 0 Å². The van der Waals surface area contributed by atoms with Crippen LogP contribution < -0.4 is 102 Å². The maximum atomic E-state index is 8.60. The fraction of sp³-hybridized carbons (Fsp3) is 0. The first-order valence-electron chi connectivity index (χ1n) is 3.73. The predicted octanol–water partition coefficient (Wildman–Crippen LogP) is -27.3. The van der Waals surface area contributed by atoms with Crippen molar-refractivity contribution >= 4 is 0 Å². The minimum atomic E-state index is -4.94. The summed E-state index contributed by atoms with van der Waals surface area (Å²) in [4.78, 5) is 0. The average molecular weight is 739 g/mol. The Morgan fingerprint density at radius 2 is 0.258 bits per heavy atom. The van der Waals surface area contributed by atoms with Crippen molar-refractivity contribution in [1.29, 1.82) is 0 Å². The molecule has 0 rings (SSSR count). The summed E-state index contributed by atoms with van der Waals surface area (Å²) < 4.78 is 201. The van der Waals surface area contributed by atoms with Gasteiger partial charge in [0.25, 0.3) is 0 Å². The third kappa shape index (κ3) is 6290. The summed E-state index contributed by atoms with van der Waals surface area (Å²) in [6.07, 6.45) is 0. The maximum absolute atomic E-state index is 8.60. The average Bonchev–Trinajstić information content (AvgIpc) is 1.94. The van der Waals surface area contributed by atoms with E-state index in [-0.39, 0.29) is 41.7 Å². The van der Waals surface area contributed by atoms with Gasteiger partial charge in [-0.25, -0.2) is 74.5 Å². The van der Waals surface area contributed by atoms with Gasteiger partial charge in [0.15, 0.2) is 0 Å². The zero-order chi connectivity index (χ0) is 27.0. The van der Waals surface area contributed by atoms with Crippen molar-refractivity contribution in [2.24, 2.45) is 0 Å². The van der Waals surface area contributed by atoms with E-state index < -0.39 is 61.5 Å². The molecule has 31 heteroatoms. The number of halogens is 6. The second-order valence-electron chi connectivity index (χ2n) is 2.30. The van der Waals surface area contributed by atoms with Crippen LogP contribution in [-0.2, 0) is 0 Å². The molecule has 0 radical (unpaired) electrons. The molecule has 0 aliphatic heterocycles. The van der Waals surface area contributed by atoms with Crippen molar-refractivity contribution in [1.82, 2.24) is 0 Å². The Kier molecular flexibility index (Phi) is 34.7. The minimum Gasteiger partial charge on any atom is -0.222 e. The molecule has 2 N–H and O–H groups in total. The van der Waals surface area contributed by atoms with Gasteiger partial charge in [-0.3, -0.25) is 0 Å².